The van der Waals surface area contributed by atoms with Crippen LogP contribution in [-0.2, 0) is 0 Å². The molecule has 2 atom stereocenters. The SMILES string of the molecule is OC(COc1ccc(Cl)cc1)C1CCNC1. The summed E-state index contributed by atoms with van der Waals surface area (Å²) in [6.07, 6.45) is 0.621. The van der Waals surface area contributed by atoms with E-state index >= 15 is 0 Å². The highest BCUT2D eigenvalue weighted by Gasteiger charge is 2.23. The van der Waals surface area contributed by atoms with E-state index < -0.39 is 6.10 Å². The Labute approximate surface area is 100 Å². The van der Waals surface area contributed by atoms with Crippen molar-refractivity contribution in [1.82, 2.24) is 5.32 Å². The average Bonchev–Trinajstić information content (AvgIpc) is 2.81. The van der Waals surface area contributed by atoms with Crippen LogP contribution in [0.25, 0.3) is 0 Å². The van der Waals surface area contributed by atoms with Crippen molar-refractivity contribution in [3.05, 3.63) is 29.3 Å². The molecule has 2 rings (SSSR count). The molecule has 1 saturated heterocycles. The topological polar surface area (TPSA) is 41.5 Å². The molecular formula is C12H16ClNO2. The number of benzene rings is 1. The van der Waals surface area contributed by atoms with Crippen LogP contribution in [0.1, 0.15) is 6.42 Å². The monoisotopic (exact) mass is 241 g/mol. The molecule has 0 radical (unpaired) electrons. The minimum Gasteiger partial charge on any atom is -0.491 e. The lowest BCUT2D eigenvalue weighted by Gasteiger charge is -2.17. The molecule has 1 aliphatic heterocycles. The lowest BCUT2D eigenvalue weighted by atomic mass is 10.0. The minimum absolute atomic E-state index is 0.312. The van der Waals surface area contributed by atoms with Crippen LogP contribution >= 0.6 is 11.6 Å². The molecule has 2 unspecified atom stereocenters. The second kappa shape index (κ2) is 5.53. The second-order valence-corrected chi connectivity index (χ2v) is 4.52. The highest BCUT2D eigenvalue weighted by Crippen LogP contribution is 2.18. The van der Waals surface area contributed by atoms with Gasteiger partial charge in [0.1, 0.15) is 12.4 Å². The first-order valence-electron chi connectivity index (χ1n) is 5.53. The third-order valence-corrected chi connectivity index (χ3v) is 3.13. The number of hydrogen-bond donors (Lipinski definition) is 2. The van der Waals surface area contributed by atoms with Gasteiger partial charge < -0.3 is 15.2 Å². The van der Waals surface area contributed by atoms with Gasteiger partial charge in [-0.3, -0.25) is 0 Å². The summed E-state index contributed by atoms with van der Waals surface area (Å²) in [5, 5.41) is 13.8. The predicted octanol–water partition coefficient (Wildman–Crippen LogP) is 1.69. The summed E-state index contributed by atoms with van der Waals surface area (Å²) < 4.78 is 5.50. The fourth-order valence-electron chi connectivity index (χ4n) is 1.85. The van der Waals surface area contributed by atoms with Crippen molar-refractivity contribution in [2.24, 2.45) is 5.92 Å². The maximum Gasteiger partial charge on any atom is 0.119 e. The third kappa shape index (κ3) is 3.11. The molecule has 0 amide bonds. The molecule has 0 aliphatic carbocycles. The molecule has 1 heterocycles. The number of aliphatic hydroxyl groups is 1. The average molecular weight is 242 g/mol. The molecule has 1 aliphatic rings. The third-order valence-electron chi connectivity index (χ3n) is 2.88. The van der Waals surface area contributed by atoms with Crippen LogP contribution in [0, 0.1) is 5.92 Å². The van der Waals surface area contributed by atoms with Gasteiger partial charge in [-0.25, -0.2) is 0 Å². The fraction of sp³-hybridized carbons (Fsp3) is 0.500. The summed E-state index contributed by atoms with van der Waals surface area (Å²) in [6.45, 7) is 2.21. The summed E-state index contributed by atoms with van der Waals surface area (Å²) in [4.78, 5) is 0. The summed E-state index contributed by atoms with van der Waals surface area (Å²) in [6, 6.07) is 7.17. The Balaban J connectivity index is 1.80. The van der Waals surface area contributed by atoms with Crippen LogP contribution in [0.15, 0.2) is 24.3 Å². The largest absolute Gasteiger partial charge is 0.491 e. The summed E-state index contributed by atoms with van der Waals surface area (Å²) in [5.41, 5.74) is 0. The van der Waals surface area contributed by atoms with Crippen molar-refractivity contribution in [3.8, 4) is 5.75 Å². The molecule has 4 heteroatoms. The quantitative estimate of drug-likeness (QED) is 0.843. The van der Waals surface area contributed by atoms with Gasteiger partial charge in [0.05, 0.1) is 6.10 Å². The molecule has 0 aromatic heterocycles. The zero-order valence-electron chi connectivity index (χ0n) is 9.03. The first kappa shape index (κ1) is 11.7. The van der Waals surface area contributed by atoms with Crippen molar-refractivity contribution >= 4 is 11.6 Å². The van der Waals surface area contributed by atoms with Crippen LogP contribution in [0.5, 0.6) is 5.75 Å². The lowest BCUT2D eigenvalue weighted by Crippen LogP contribution is -2.28. The minimum atomic E-state index is -0.398. The molecule has 1 aromatic carbocycles. The normalized spacial score (nSPS) is 22.0. The lowest BCUT2D eigenvalue weighted by molar-refractivity contribution is 0.0641. The van der Waals surface area contributed by atoms with Gasteiger partial charge in [-0.1, -0.05) is 11.6 Å². The van der Waals surface area contributed by atoms with Crippen molar-refractivity contribution < 1.29 is 9.84 Å². The molecule has 0 spiro atoms. The van der Waals surface area contributed by atoms with Crippen molar-refractivity contribution in [2.75, 3.05) is 19.7 Å². The van der Waals surface area contributed by atoms with Gasteiger partial charge in [0.15, 0.2) is 0 Å². The highest BCUT2D eigenvalue weighted by molar-refractivity contribution is 6.30. The van der Waals surface area contributed by atoms with Crippen LogP contribution in [0.3, 0.4) is 0 Å². The Bertz CT molecular complexity index is 322. The molecule has 16 heavy (non-hydrogen) atoms. The number of rotatable bonds is 4. The summed E-state index contributed by atoms with van der Waals surface area (Å²) >= 11 is 5.76. The molecule has 0 bridgehead atoms. The van der Waals surface area contributed by atoms with Gasteiger partial charge in [0, 0.05) is 17.5 Å². The number of halogens is 1. The Kier molecular flexibility index (Phi) is 4.04. The standard InChI is InChI=1S/C12H16ClNO2/c13-10-1-3-11(4-2-10)16-8-12(15)9-5-6-14-7-9/h1-4,9,12,14-15H,5-8H2. The van der Waals surface area contributed by atoms with E-state index in [0.29, 0.717) is 17.5 Å². The van der Waals surface area contributed by atoms with Crippen LogP contribution < -0.4 is 10.1 Å². The van der Waals surface area contributed by atoms with E-state index in [-0.39, 0.29) is 0 Å². The van der Waals surface area contributed by atoms with Gasteiger partial charge in [-0.2, -0.15) is 0 Å². The van der Waals surface area contributed by atoms with E-state index in [1.807, 2.05) is 12.1 Å². The predicted molar refractivity (Wildman–Crippen MR) is 63.9 cm³/mol. The molecule has 1 aromatic rings. The van der Waals surface area contributed by atoms with E-state index in [9.17, 15) is 5.11 Å². The molecular weight excluding hydrogens is 226 g/mol. The van der Waals surface area contributed by atoms with Crippen molar-refractivity contribution in [3.63, 3.8) is 0 Å². The highest BCUT2D eigenvalue weighted by atomic mass is 35.5. The van der Waals surface area contributed by atoms with Crippen LogP contribution in [-0.4, -0.2) is 30.9 Å². The van der Waals surface area contributed by atoms with Gasteiger partial charge in [0.25, 0.3) is 0 Å². The number of ether oxygens (including phenoxy) is 1. The number of nitrogens with one attached hydrogen (secondary N) is 1. The van der Waals surface area contributed by atoms with Crippen molar-refractivity contribution in [1.29, 1.82) is 0 Å². The van der Waals surface area contributed by atoms with E-state index in [1.165, 1.54) is 0 Å². The maximum atomic E-state index is 9.87. The second-order valence-electron chi connectivity index (χ2n) is 4.09. The molecule has 0 saturated carbocycles. The summed E-state index contributed by atoms with van der Waals surface area (Å²) in [5.74, 6) is 1.06. The Morgan fingerprint density at radius 1 is 1.44 bits per heavy atom. The zero-order valence-corrected chi connectivity index (χ0v) is 9.78. The Morgan fingerprint density at radius 2 is 2.19 bits per heavy atom. The first-order chi connectivity index (χ1) is 7.75. The Hall–Kier alpha value is -0.770. The number of hydrogen-bond acceptors (Lipinski definition) is 3. The van der Waals surface area contributed by atoms with E-state index in [0.717, 1.165) is 25.3 Å². The van der Waals surface area contributed by atoms with E-state index in [4.69, 9.17) is 16.3 Å². The molecule has 88 valence electrons. The van der Waals surface area contributed by atoms with E-state index in [2.05, 4.69) is 5.32 Å². The molecule has 2 N–H and O–H groups in total. The fourth-order valence-corrected chi connectivity index (χ4v) is 1.98. The van der Waals surface area contributed by atoms with Gasteiger partial charge in [0.2, 0.25) is 0 Å². The van der Waals surface area contributed by atoms with Crippen molar-refractivity contribution in [2.45, 2.75) is 12.5 Å². The van der Waals surface area contributed by atoms with Crippen LogP contribution in [0.2, 0.25) is 5.02 Å². The van der Waals surface area contributed by atoms with Gasteiger partial charge in [-0.15, -0.1) is 0 Å². The molecule has 3 nitrogen and oxygen atoms in total. The van der Waals surface area contributed by atoms with Gasteiger partial charge in [-0.05, 0) is 37.2 Å². The zero-order chi connectivity index (χ0) is 11.4. The molecule has 1 fully saturated rings. The number of aliphatic hydroxyl groups excluding tert-OH is 1. The maximum absolute atomic E-state index is 9.87. The summed E-state index contributed by atoms with van der Waals surface area (Å²) in [7, 11) is 0. The Morgan fingerprint density at radius 3 is 2.81 bits per heavy atom. The van der Waals surface area contributed by atoms with E-state index in [1.54, 1.807) is 12.1 Å². The first-order valence-corrected chi connectivity index (χ1v) is 5.90. The van der Waals surface area contributed by atoms with Crippen LogP contribution in [0.4, 0.5) is 0 Å². The van der Waals surface area contributed by atoms with Gasteiger partial charge >= 0.3 is 0 Å². The smallest absolute Gasteiger partial charge is 0.119 e.